The average molecular weight is 341 g/mol. The van der Waals surface area contributed by atoms with Crippen LogP contribution in [0.15, 0.2) is 65.8 Å². The molecular weight excluding hydrogens is 326 g/mol. The monoisotopic (exact) mass is 341 g/mol. The van der Waals surface area contributed by atoms with Crippen molar-refractivity contribution in [3.63, 3.8) is 0 Å². The van der Waals surface area contributed by atoms with Crippen LogP contribution >= 0.6 is 0 Å². The molecule has 0 aliphatic carbocycles. The van der Waals surface area contributed by atoms with Gasteiger partial charge in [0.15, 0.2) is 0 Å². The van der Waals surface area contributed by atoms with Crippen molar-refractivity contribution in [3.8, 4) is 22.3 Å². The van der Waals surface area contributed by atoms with Crippen molar-refractivity contribution in [3.05, 3.63) is 82.9 Å². The van der Waals surface area contributed by atoms with Gasteiger partial charge in [-0.3, -0.25) is 4.79 Å². The zero-order valence-corrected chi connectivity index (χ0v) is 14.0. The van der Waals surface area contributed by atoms with Crippen LogP contribution < -0.4 is 10.6 Å². The summed E-state index contributed by atoms with van der Waals surface area (Å²) < 4.78 is 0. The van der Waals surface area contributed by atoms with E-state index < -0.39 is 0 Å². The highest BCUT2D eigenvalue weighted by Gasteiger charge is 2.11. The molecule has 0 radical (unpaired) electrons. The third-order valence-electron chi connectivity index (χ3n) is 4.33. The lowest BCUT2D eigenvalue weighted by atomic mass is 10.0. The lowest BCUT2D eigenvalue weighted by Crippen LogP contribution is -2.04. The van der Waals surface area contributed by atoms with Gasteiger partial charge in [0, 0.05) is 46.7 Å². The number of anilines is 1. The highest BCUT2D eigenvalue weighted by molar-refractivity contribution is 5.95. The van der Waals surface area contributed by atoms with Crippen LogP contribution in [0.1, 0.15) is 0 Å². The van der Waals surface area contributed by atoms with Gasteiger partial charge < -0.3 is 9.97 Å². The highest BCUT2D eigenvalue weighted by Crippen LogP contribution is 2.31. The highest BCUT2D eigenvalue weighted by atomic mass is 16.1. The van der Waals surface area contributed by atoms with Crippen LogP contribution in [0.4, 0.5) is 5.69 Å². The normalized spacial score (nSPS) is 10.6. The Morgan fingerprint density at radius 1 is 1.04 bits per heavy atom. The van der Waals surface area contributed by atoms with Gasteiger partial charge in [-0.25, -0.2) is 4.98 Å². The maximum absolute atomic E-state index is 11.3. The molecule has 26 heavy (non-hydrogen) atoms. The molecular formula is C20H15N5O. The quantitative estimate of drug-likeness (QED) is 0.439. The van der Waals surface area contributed by atoms with Gasteiger partial charge in [0.1, 0.15) is 11.3 Å². The number of hydrogen-bond acceptors (Lipinski definition) is 3. The molecule has 0 aliphatic heterocycles. The summed E-state index contributed by atoms with van der Waals surface area (Å²) in [7, 11) is 1.73. The van der Waals surface area contributed by atoms with Crippen LogP contribution in [0, 0.1) is 6.57 Å². The second-order valence-electron chi connectivity index (χ2n) is 5.94. The summed E-state index contributed by atoms with van der Waals surface area (Å²) in [6.45, 7) is 7.16. The first kappa shape index (κ1) is 15.7. The molecule has 0 unspecified atom stereocenters. The summed E-state index contributed by atoms with van der Waals surface area (Å²) in [6, 6.07) is 13.2. The number of hydrogen-bond donors (Lipinski definition) is 2. The largest absolute Gasteiger partial charge is 0.346 e. The minimum Gasteiger partial charge on any atom is -0.346 e. The fourth-order valence-corrected chi connectivity index (χ4v) is 2.92. The molecule has 4 aromatic rings. The summed E-state index contributed by atoms with van der Waals surface area (Å²) in [5.41, 5.74) is 5.31. The number of fused-ring (bicyclic) bond motifs is 1. The molecule has 0 amide bonds. The van der Waals surface area contributed by atoms with E-state index in [1.54, 1.807) is 19.3 Å². The zero-order chi connectivity index (χ0) is 18.1. The van der Waals surface area contributed by atoms with Crippen molar-refractivity contribution in [2.45, 2.75) is 0 Å². The molecule has 1 aromatic carbocycles. The minimum atomic E-state index is -0.131. The molecule has 6 nitrogen and oxygen atoms in total. The van der Waals surface area contributed by atoms with E-state index in [9.17, 15) is 4.79 Å². The second kappa shape index (κ2) is 6.22. The summed E-state index contributed by atoms with van der Waals surface area (Å²) in [5, 5.41) is 2.47. The maximum atomic E-state index is 11.3. The Morgan fingerprint density at radius 3 is 2.69 bits per heavy atom. The predicted molar refractivity (Wildman–Crippen MR) is 103 cm³/mol. The van der Waals surface area contributed by atoms with Crippen LogP contribution in [0.2, 0.25) is 0 Å². The molecule has 0 fully saturated rings. The van der Waals surface area contributed by atoms with Gasteiger partial charge in [0.2, 0.25) is 5.56 Å². The van der Waals surface area contributed by atoms with Crippen LogP contribution in [0.25, 0.3) is 38.2 Å². The molecule has 3 heterocycles. The number of nitrogens with zero attached hydrogens (tertiary/aromatic N) is 3. The third-order valence-corrected chi connectivity index (χ3v) is 4.33. The van der Waals surface area contributed by atoms with E-state index in [1.807, 2.05) is 36.7 Å². The van der Waals surface area contributed by atoms with E-state index in [-0.39, 0.29) is 5.56 Å². The Hall–Kier alpha value is -3.85. The lowest BCUT2D eigenvalue weighted by Gasteiger charge is -2.07. The summed E-state index contributed by atoms with van der Waals surface area (Å²) in [4.78, 5) is 25.1. The lowest BCUT2D eigenvalue weighted by molar-refractivity contribution is 1.20. The number of nitrogens with one attached hydrogen (secondary N) is 2. The van der Waals surface area contributed by atoms with Crippen LogP contribution in [-0.4, -0.2) is 22.0 Å². The van der Waals surface area contributed by atoms with E-state index in [1.165, 1.54) is 11.1 Å². The molecule has 3 aromatic heterocycles. The van der Waals surface area contributed by atoms with E-state index >= 15 is 0 Å². The molecule has 0 spiro atoms. The number of pyridine rings is 2. The Morgan fingerprint density at radius 2 is 1.92 bits per heavy atom. The molecule has 0 saturated heterocycles. The molecule has 126 valence electrons. The smallest absolute Gasteiger partial charge is 0.247 e. The molecule has 2 N–H and O–H groups in total. The molecule has 4 rings (SSSR count). The summed E-state index contributed by atoms with van der Waals surface area (Å²) in [6.07, 6.45) is 5.40. The van der Waals surface area contributed by atoms with Crippen molar-refractivity contribution in [2.24, 2.45) is 0 Å². The molecule has 0 saturated carbocycles. The fraction of sp³-hybridized carbons (Fsp3) is 0.0500. The fourth-order valence-electron chi connectivity index (χ4n) is 2.92. The Kier molecular flexibility index (Phi) is 3.75. The van der Waals surface area contributed by atoms with E-state index in [0.29, 0.717) is 0 Å². The number of benzene rings is 1. The van der Waals surface area contributed by atoms with Crippen LogP contribution in [0.3, 0.4) is 0 Å². The first-order valence-corrected chi connectivity index (χ1v) is 8.03. The van der Waals surface area contributed by atoms with E-state index in [2.05, 4.69) is 26.0 Å². The second-order valence-corrected chi connectivity index (χ2v) is 5.94. The molecule has 6 heteroatoms. The molecule has 0 bridgehead atoms. The van der Waals surface area contributed by atoms with Gasteiger partial charge in [0.25, 0.3) is 0 Å². The van der Waals surface area contributed by atoms with E-state index in [4.69, 9.17) is 6.57 Å². The number of H-pyrrole nitrogens is 2. The van der Waals surface area contributed by atoms with Crippen LogP contribution in [-0.2, 0) is 0 Å². The zero-order valence-electron chi connectivity index (χ0n) is 14.0. The van der Waals surface area contributed by atoms with Crippen molar-refractivity contribution in [2.75, 3.05) is 12.1 Å². The SMILES string of the molecule is [C-]#[N+]N(C)c1cccc(-c2cnc3[nH]cc(-c4ccc(=O)[nH]c4)c3c2)c1. The van der Waals surface area contributed by atoms with Gasteiger partial charge in [0.05, 0.1) is 7.05 Å². The van der Waals surface area contributed by atoms with Gasteiger partial charge in [-0.1, -0.05) is 17.1 Å². The number of aromatic amines is 2. The third kappa shape index (κ3) is 2.72. The first-order valence-electron chi connectivity index (χ1n) is 8.03. The van der Waals surface area contributed by atoms with Crippen molar-refractivity contribution in [1.82, 2.24) is 15.0 Å². The maximum Gasteiger partial charge on any atom is 0.247 e. The van der Waals surface area contributed by atoms with Crippen molar-refractivity contribution < 1.29 is 0 Å². The van der Waals surface area contributed by atoms with Gasteiger partial charge in [-0.05, 0) is 29.8 Å². The summed E-state index contributed by atoms with van der Waals surface area (Å²) in [5.74, 6) is 0. The van der Waals surface area contributed by atoms with Crippen LogP contribution in [0.5, 0.6) is 0 Å². The standard InChI is InChI=1S/C20H15N5O/c1-21-25(2)16-5-3-4-13(8-16)15-9-17-18(12-24-20(17)23-11-15)14-6-7-19(26)22-10-14/h3-12H,2H3,(H,22,26)(H,23,24). The Balaban J connectivity index is 1.83. The van der Waals surface area contributed by atoms with Crippen molar-refractivity contribution >= 4 is 16.7 Å². The number of aromatic nitrogens is 3. The summed E-state index contributed by atoms with van der Waals surface area (Å²) >= 11 is 0. The minimum absolute atomic E-state index is 0.131. The van der Waals surface area contributed by atoms with E-state index in [0.717, 1.165) is 39.0 Å². The van der Waals surface area contributed by atoms with Gasteiger partial charge in [-0.2, -0.15) is 11.5 Å². The van der Waals surface area contributed by atoms with Gasteiger partial charge >= 0.3 is 0 Å². The molecule has 0 atom stereocenters. The predicted octanol–water partition coefficient (Wildman–Crippen LogP) is 3.86. The topological polar surface area (TPSA) is 69.1 Å². The van der Waals surface area contributed by atoms with Gasteiger partial charge in [-0.15, -0.1) is 0 Å². The van der Waals surface area contributed by atoms with Crippen molar-refractivity contribution in [1.29, 1.82) is 0 Å². The first-order chi connectivity index (χ1) is 12.7. The Bertz CT molecular complexity index is 1180. The average Bonchev–Trinajstić information content (AvgIpc) is 3.11. The Labute approximate surface area is 149 Å². The molecule has 0 aliphatic rings. The number of rotatable bonds is 3.